The fourth-order valence-electron chi connectivity index (χ4n) is 1.91. The third kappa shape index (κ3) is 2.16. The molecular weight excluding hydrogens is 216 g/mol. The molecule has 0 aliphatic carbocycles. The number of rotatable bonds is 1. The summed E-state index contributed by atoms with van der Waals surface area (Å²) < 4.78 is 26.7. The van der Waals surface area contributed by atoms with Crippen LogP contribution in [-0.2, 0) is 0 Å². The van der Waals surface area contributed by atoms with Crippen molar-refractivity contribution in [2.24, 2.45) is 0 Å². The summed E-state index contributed by atoms with van der Waals surface area (Å²) in [5.74, 6) is -0.0283. The van der Waals surface area contributed by atoms with Gasteiger partial charge < -0.3 is 5.32 Å². The molecule has 0 amide bonds. The fraction of sp³-hybridized carbons (Fsp3) is 0.455. The summed E-state index contributed by atoms with van der Waals surface area (Å²) in [7, 11) is 1.83. The SMILES string of the molecule is CNC1CCCSc2c(F)cc(F)cc21. The Morgan fingerprint density at radius 1 is 1.40 bits per heavy atom. The summed E-state index contributed by atoms with van der Waals surface area (Å²) in [4.78, 5) is 0.605. The molecule has 1 N–H and O–H groups in total. The Balaban J connectivity index is 2.50. The molecule has 1 heterocycles. The monoisotopic (exact) mass is 229 g/mol. The number of nitrogens with one attached hydrogen (secondary N) is 1. The van der Waals surface area contributed by atoms with Crippen LogP contribution in [0.25, 0.3) is 0 Å². The maximum absolute atomic E-state index is 13.5. The molecule has 0 bridgehead atoms. The lowest BCUT2D eigenvalue weighted by Gasteiger charge is -2.16. The van der Waals surface area contributed by atoms with E-state index in [0.29, 0.717) is 4.90 Å². The molecule has 15 heavy (non-hydrogen) atoms. The van der Waals surface area contributed by atoms with Gasteiger partial charge in [-0.1, -0.05) is 0 Å². The first-order valence-electron chi connectivity index (χ1n) is 5.01. The normalized spacial score (nSPS) is 20.9. The van der Waals surface area contributed by atoms with Gasteiger partial charge in [-0.25, -0.2) is 8.78 Å². The second-order valence-electron chi connectivity index (χ2n) is 3.64. The molecule has 1 aromatic carbocycles. The summed E-state index contributed by atoms with van der Waals surface area (Å²) in [6.45, 7) is 0. The molecule has 1 aliphatic rings. The lowest BCUT2D eigenvalue weighted by atomic mass is 10.0. The highest BCUT2D eigenvalue weighted by atomic mass is 32.2. The predicted octanol–water partition coefficient (Wildman–Crippen LogP) is 3.11. The Labute approximate surface area is 92.3 Å². The lowest BCUT2D eigenvalue weighted by Crippen LogP contribution is -2.16. The van der Waals surface area contributed by atoms with E-state index in [1.807, 2.05) is 7.05 Å². The van der Waals surface area contributed by atoms with E-state index in [9.17, 15) is 8.78 Å². The fourth-order valence-corrected chi connectivity index (χ4v) is 2.99. The van der Waals surface area contributed by atoms with Crippen LogP contribution in [0.2, 0.25) is 0 Å². The lowest BCUT2D eigenvalue weighted by molar-refractivity contribution is 0.512. The molecule has 0 fully saturated rings. The minimum atomic E-state index is -0.492. The van der Waals surface area contributed by atoms with E-state index < -0.39 is 11.6 Å². The van der Waals surface area contributed by atoms with Gasteiger partial charge in [0.1, 0.15) is 11.6 Å². The summed E-state index contributed by atoms with van der Waals surface area (Å²) in [6.07, 6.45) is 1.95. The van der Waals surface area contributed by atoms with Crippen LogP contribution in [-0.4, -0.2) is 12.8 Å². The van der Waals surface area contributed by atoms with Gasteiger partial charge in [-0.2, -0.15) is 0 Å². The van der Waals surface area contributed by atoms with Crippen LogP contribution >= 0.6 is 11.8 Å². The van der Waals surface area contributed by atoms with E-state index in [2.05, 4.69) is 5.32 Å². The van der Waals surface area contributed by atoms with Crippen molar-refractivity contribution in [3.05, 3.63) is 29.3 Å². The molecule has 4 heteroatoms. The quantitative estimate of drug-likeness (QED) is 0.794. The molecule has 0 aromatic heterocycles. The van der Waals surface area contributed by atoms with Gasteiger partial charge in [0.2, 0.25) is 0 Å². The van der Waals surface area contributed by atoms with E-state index in [4.69, 9.17) is 0 Å². The Kier molecular flexibility index (Phi) is 3.26. The maximum Gasteiger partial charge on any atom is 0.140 e. The first-order valence-corrected chi connectivity index (χ1v) is 6.00. The number of fused-ring (bicyclic) bond motifs is 1. The van der Waals surface area contributed by atoms with Crippen molar-refractivity contribution < 1.29 is 8.78 Å². The average molecular weight is 229 g/mol. The van der Waals surface area contributed by atoms with Crippen LogP contribution in [0.4, 0.5) is 8.78 Å². The third-order valence-corrected chi connectivity index (χ3v) is 3.86. The van der Waals surface area contributed by atoms with Crippen LogP contribution in [0.1, 0.15) is 24.4 Å². The molecule has 82 valence electrons. The van der Waals surface area contributed by atoms with Crippen molar-refractivity contribution in [3.8, 4) is 0 Å². The molecule has 1 nitrogen and oxygen atoms in total. The van der Waals surface area contributed by atoms with Gasteiger partial charge in [-0.3, -0.25) is 0 Å². The van der Waals surface area contributed by atoms with E-state index in [1.54, 1.807) is 0 Å². The summed E-state index contributed by atoms with van der Waals surface area (Å²) in [5, 5.41) is 3.11. The molecule has 0 saturated carbocycles. The second kappa shape index (κ2) is 4.49. The molecule has 1 unspecified atom stereocenters. The van der Waals surface area contributed by atoms with E-state index in [1.165, 1.54) is 17.8 Å². The van der Waals surface area contributed by atoms with Gasteiger partial charge in [0.15, 0.2) is 0 Å². The summed E-state index contributed by atoms with van der Waals surface area (Å²) >= 11 is 1.48. The molecule has 0 saturated heterocycles. The Bertz CT molecular complexity index is 368. The summed E-state index contributed by atoms with van der Waals surface area (Å²) in [5.41, 5.74) is 0.762. The van der Waals surface area contributed by atoms with Crippen LogP contribution < -0.4 is 5.32 Å². The Morgan fingerprint density at radius 2 is 2.20 bits per heavy atom. The van der Waals surface area contributed by atoms with Gasteiger partial charge in [0, 0.05) is 17.0 Å². The van der Waals surface area contributed by atoms with Gasteiger partial charge in [-0.15, -0.1) is 11.8 Å². The highest BCUT2D eigenvalue weighted by Crippen LogP contribution is 2.36. The first-order chi connectivity index (χ1) is 7.22. The number of hydrogen-bond acceptors (Lipinski definition) is 2. The topological polar surface area (TPSA) is 12.0 Å². The van der Waals surface area contributed by atoms with Crippen LogP contribution in [0.5, 0.6) is 0 Å². The first kappa shape index (κ1) is 10.9. The van der Waals surface area contributed by atoms with Crippen LogP contribution in [0.3, 0.4) is 0 Å². The molecule has 0 radical (unpaired) electrons. The number of thioether (sulfide) groups is 1. The third-order valence-electron chi connectivity index (χ3n) is 2.64. The largest absolute Gasteiger partial charge is 0.313 e. The van der Waals surface area contributed by atoms with E-state index >= 15 is 0 Å². The predicted molar refractivity (Wildman–Crippen MR) is 58.1 cm³/mol. The standard InChI is InChI=1S/C11H13F2NS/c1-14-10-3-2-4-15-11-8(10)5-7(12)6-9(11)13/h5-6,10,14H,2-4H2,1H3. The molecule has 1 aliphatic heterocycles. The van der Waals surface area contributed by atoms with Crippen molar-refractivity contribution in [2.45, 2.75) is 23.8 Å². The Morgan fingerprint density at radius 3 is 2.93 bits per heavy atom. The van der Waals surface area contributed by atoms with Crippen molar-refractivity contribution in [2.75, 3.05) is 12.8 Å². The number of benzene rings is 1. The molecule has 2 rings (SSSR count). The molecule has 1 atom stereocenters. The number of halogens is 2. The average Bonchev–Trinajstić information content (AvgIpc) is 2.39. The zero-order valence-corrected chi connectivity index (χ0v) is 9.33. The van der Waals surface area contributed by atoms with E-state index in [-0.39, 0.29) is 6.04 Å². The molecule has 0 spiro atoms. The van der Waals surface area contributed by atoms with Crippen LogP contribution in [0, 0.1) is 11.6 Å². The van der Waals surface area contributed by atoms with Crippen molar-refractivity contribution in [1.29, 1.82) is 0 Å². The number of hydrogen-bond donors (Lipinski definition) is 1. The van der Waals surface area contributed by atoms with Gasteiger partial charge in [0.05, 0.1) is 0 Å². The maximum atomic E-state index is 13.5. The van der Waals surface area contributed by atoms with Gasteiger partial charge in [0.25, 0.3) is 0 Å². The zero-order chi connectivity index (χ0) is 10.8. The second-order valence-corrected chi connectivity index (χ2v) is 4.74. The zero-order valence-electron chi connectivity index (χ0n) is 8.52. The highest BCUT2D eigenvalue weighted by molar-refractivity contribution is 7.99. The van der Waals surface area contributed by atoms with E-state index in [0.717, 1.165) is 30.2 Å². The minimum Gasteiger partial charge on any atom is -0.313 e. The van der Waals surface area contributed by atoms with Crippen molar-refractivity contribution in [3.63, 3.8) is 0 Å². The van der Waals surface area contributed by atoms with Crippen molar-refractivity contribution >= 4 is 11.8 Å². The van der Waals surface area contributed by atoms with Gasteiger partial charge in [-0.05, 0) is 37.3 Å². The molecule has 1 aromatic rings. The van der Waals surface area contributed by atoms with Crippen LogP contribution in [0.15, 0.2) is 17.0 Å². The summed E-state index contributed by atoms with van der Waals surface area (Å²) in [6, 6.07) is 2.47. The van der Waals surface area contributed by atoms with Gasteiger partial charge >= 0.3 is 0 Å². The van der Waals surface area contributed by atoms with Crippen molar-refractivity contribution in [1.82, 2.24) is 5.32 Å². The molecular formula is C11H13F2NS. The smallest absolute Gasteiger partial charge is 0.140 e. The highest BCUT2D eigenvalue weighted by Gasteiger charge is 2.21. The minimum absolute atomic E-state index is 0.0696. The Hall–Kier alpha value is -0.610.